The van der Waals surface area contributed by atoms with Crippen LogP contribution in [0.1, 0.15) is 36.8 Å². The van der Waals surface area contributed by atoms with Crippen LogP contribution >= 0.6 is 11.6 Å². The van der Waals surface area contributed by atoms with E-state index >= 15 is 0 Å². The molecule has 0 unspecified atom stereocenters. The third-order valence-electron chi connectivity index (χ3n) is 3.00. The molecule has 0 aliphatic carbocycles. The molecular formula is C16H20ClN3. The highest BCUT2D eigenvalue weighted by molar-refractivity contribution is 6.17. The molecule has 0 bridgehead atoms. The Hall–Kier alpha value is -1.61. The number of hydrogen-bond donors (Lipinski definition) is 1. The Morgan fingerprint density at radius 1 is 1.15 bits per heavy atom. The second kappa shape index (κ2) is 6.71. The molecule has 0 aliphatic heterocycles. The van der Waals surface area contributed by atoms with Gasteiger partial charge in [-0.15, -0.1) is 11.6 Å². The lowest BCUT2D eigenvalue weighted by atomic mass is 10.1. The molecule has 2 aromatic rings. The second-order valence-corrected chi connectivity index (χ2v) is 5.55. The third-order valence-corrected chi connectivity index (χ3v) is 3.19. The van der Waals surface area contributed by atoms with Gasteiger partial charge in [-0.25, -0.2) is 9.97 Å². The van der Waals surface area contributed by atoms with E-state index in [2.05, 4.69) is 41.3 Å². The van der Waals surface area contributed by atoms with Gasteiger partial charge in [0.1, 0.15) is 11.6 Å². The number of rotatable bonds is 5. The summed E-state index contributed by atoms with van der Waals surface area (Å²) in [6, 6.07) is 10.2. The summed E-state index contributed by atoms with van der Waals surface area (Å²) in [5.74, 6) is 2.68. The number of nitrogens with zero attached hydrogens (tertiary/aromatic N) is 2. The first-order valence-corrected chi connectivity index (χ1v) is 7.39. The zero-order valence-corrected chi connectivity index (χ0v) is 12.9. The Balaban J connectivity index is 2.16. The standard InChI is InChI=1S/C16H20ClN3/c1-11(2)16-18-12(3)10-15(20-16)19-14-6-4-13(5-7-14)8-9-17/h4-7,10-11H,8-9H2,1-3H3,(H,18,19,20). The summed E-state index contributed by atoms with van der Waals surface area (Å²) >= 11 is 5.74. The Labute approximate surface area is 125 Å². The van der Waals surface area contributed by atoms with Crippen molar-refractivity contribution in [3.8, 4) is 0 Å². The van der Waals surface area contributed by atoms with E-state index in [9.17, 15) is 0 Å². The molecule has 1 aromatic heterocycles. The SMILES string of the molecule is Cc1cc(Nc2ccc(CCCl)cc2)nc(C(C)C)n1. The maximum Gasteiger partial charge on any atom is 0.134 e. The molecule has 1 heterocycles. The van der Waals surface area contributed by atoms with Gasteiger partial charge >= 0.3 is 0 Å². The lowest BCUT2D eigenvalue weighted by Crippen LogP contribution is -2.03. The summed E-state index contributed by atoms with van der Waals surface area (Å²) in [4.78, 5) is 8.99. The van der Waals surface area contributed by atoms with Gasteiger partial charge < -0.3 is 5.32 Å². The number of halogens is 1. The second-order valence-electron chi connectivity index (χ2n) is 5.17. The van der Waals surface area contributed by atoms with Crippen LogP contribution in [0.3, 0.4) is 0 Å². The van der Waals surface area contributed by atoms with Crippen LogP contribution in [0.25, 0.3) is 0 Å². The molecule has 0 fully saturated rings. The summed E-state index contributed by atoms with van der Waals surface area (Å²) in [6.45, 7) is 6.18. The Morgan fingerprint density at radius 2 is 1.85 bits per heavy atom. The van der Waals surface area contributed by atoms with Crippen LogP contribution in [-0.4, -0.2) is 15.8 Å². The highest BCUT2D eigenvalue weighted by Crippen LogP contribution is 2.19. The molecule has 0 saturated carbocycles. The minimum atomic E-state index is 0.321. The van der Waals surface area contributed by atoms with Crippen LogP contribution in [0, 0.1) is 6.92 Å². The molecule has 106 valence electrons. The van der Waals surface area contributed by atoms with Gasteiger partial charge in [-0.1, -0.05) is 26.0 Å². The average molecular weight is 290 g/mol. The van der Waals surface area contributed by atoms with Crippen molar-refractivity contribution in [1.29, 1.82) is 0 Å². The Bertz CT molecular complexity index is 564. The molecule has 20 heavy (non-hydrogen) atoms. The maximum atomic E-state index is 5.74. The summed E-state index contributed by atoms with van der Waals surface area (Å²) in [5.41, 5.74) is 3.24. The minimum Gasteiger partial charge on any atom is -0.340 e. The number of nitrogens with one attached hydrogen (secondary N) is 1. The van der Waals surface area contributed by atoms with Crippen molar-refractivity contribution in [2.24, 2.45) is 0 Å². The van der Waals surface area contributed by atoms with Crippen LogP contribution in [0.15, 0.2) is 30.3 Å². The molecule has 0 atom stereocenters. The van der Waals surface area contributed by atoms with Crippen LogP contribution in [0.2, 0.25) is 0 Å². The van der Waals surface area contributed by atoms with Crippen molar-refractivity contribution in [1.82, 2.24) is 9.97 Å². The quantitative estimate of drug-likeness (QED) is 0.827. The fourth-order valence-corrected chi connectivity index (χ4v) is 2.14. The predicted molar refractivity (Wildman–Crippen MR) is 85.0 cm³/mol. The fraction of sp³-hybridized carbons (Fsp3) is 0.375. The summed E-state index contributed by atoms with van der Waals surface area (Å²) in [6.07, 6.45) is 0.895. The van der Waals surface area contributed by atoms with Gasteiger partial charge in [-0.05, 0) is 31.0 Å². The molecule has 1 N–H and O–H groups in total. The normalized spacial score (nSPS) is 10.8. The monoisotopic (exact) mass is 289 g/mol. The van der Waals surface area contributed by atoms with Crippen LogP contribution in [-0.2, 0) is 6.42 Å². The number of hydrogen-bond acceptors (Lipinski definition) is 3. The zero-order chi connectivity index (χ0) is 14.5. The topological polar surface area (TPSA) is 37.8 Å². The molecule has 0 radical (unpaired) electrons. The van der Waals surface area contributed by atoms with E-state index in [0.29, 0.717) is 11.8 Å². The summed E-state index contributed by atoms with van der Waals surface area (Å²) in [5, 5.41) is 3.33. The van der Waals surface area contributed by atoms with Gasteiger partial charge in [0.2, 0.25) is 0 Å². The van der Waals surface area contributed by atoms with Crippen LogP contribution in [0.4, 0.5) is 11.5 Å². The smallest absolute Gasteiger partial charge is 0.134 e. The highest BCUT2D eigenvalue weighted by atomic mass is 35.5. The summed E-state index contributed by atoms with van der Waals surface area (Å²) < 4.78 is 0. The van der Waals surface area contributed by atoms with Crippen molar-refractivity contribution in [3.63, 3.8) is 0 Å². The van der Waals surface area contributed by atoms with Crippen molar-refractivity contribution >= 4 is 23.1 Å². The number of aryl methyl sites for hydroxylation is 2. The van der Waals surface area contributed by atoms with Crippen molar-refractivity contribution in [2.45, 2.75) is 33.1 Å². The van der Waals surface area contributed by atoms with Crippen LogP contribution < -0.4 is 5.32 Å². The van der Waals surface area contributed by atoms with E-state index < -0.39 is 0 Å². The molecule has 4 heteroatoms. The molecule has 0 aliphatic rings. The van der Waals surface area contributed by atoms with Gasteiger partial charge in [-0.3, -0.25) is 0 Å². The average Bonchev–Trinajstić information content (AvgIpc) is 2.40. The van der Waals surface area contributed by atoms with Crippen molar-refractivity contribution < 1.29 is 0 Å². The largest absolute Gasteiger partial charge is 0.340 e. The van der Waals surface area contributed by atoms with E-state index in [-0.39, 0.29) is 0 Å². The molecule has 2 rings (SSSR count). The van der Waals surface area contributed by atoms with E-state index in [1.165, 1.54) is 5.56 Å². The fourth-order valence-electron chi connectivity index (χ4n) is 1.93. The van der Waals surface area contributed by atoms with Gasteiger partial charge in [0.25, 0.3) is 0 Å². The Kier molecular flexibility index (Phi) is 4.96. The van der Waals surface area contributed by atoms with Crippen molar-refractivity contribution in [3.05, 3.63) is 47.4 Å². The lowest BCUT2D eigenvalue weighted by Gasteiger charge is -2.10. The van der Waals surface area contributed by atoms with Crippen LogP contribution in [0.5, 0.6) is 0 Å². The predicted octanol–water partition coefficient (Wildman–Crippen LogP) is 4.43. The number of aromatic nitrogens is 2. The first kappa shape index (κ1) is 14.8. The number of alkyl halides is 1. The highest BCUT2D eigenvalue weighted by Gasteiger charge is 2.06. The van der Waals surface area contributed by atoms with Gasteiger partial charge in [-0.2, -0.15) is 0 Å². The van der Waals surface area contributed by atoms with E-state index in [1.807, 2.05) is 25.1 Å². The van der Waals surface area contributed by atoms with Gasteiger partial charge in [0.15, 0.2) is 0 Å². The molecule has 0 spiro atoms. The molecule has 0 amide bonds. The Morgan fingerprint density at radius 3 is 2.45 bits per heavy atom. The van der Waals surface area contributed by atoms with E-state index in [0.717, 1.165) is 29.4 Å². The van der Waals surface area contributed by atoms with Crippen molar-refractivity contribution in [2.75, 3.05) is 11.2 Å². The van der Waals surface area contributed by atoms with E-state index in [4.69, 9.17) is 11.6 Å². The minimum absolute atomic E-state index is 0.321. The molecule has 0 saturated heterocycles. The number of anilines is 2. The molecule has 3 nitrogen and oxygen atoms in total. The molecule has 1 aromatic carbocycles. The summed E-state index contributed by atoms with van der Waals surface area (Å²) in [7, 11) is 0. The number of benzene rings is 1. The lowest BCUT2D eigenvalue weighted by molar-refractivity contribution is 0.768. The third kappa shape index (κ3) is 3.94. The first-order chi connectivity index (χ1) is 9.58. The maximum absolute atomic E-state index is 5.74. The van der Waals surface area contributed by atoms with Gasteiger partial charge in [0, 0.05) is 29.2 Å². The zero-order valence-electron chi connectivity index (χ0n) is 12.2. The first-order valence-electron chi connectivity index (χ1n) is 6.86. The van der Waals surface area contributed by atoms with E-state index in [1.54, 1.807) is 0 Å². The molecular weight excluding hydrogens is 270 g/mol. The van der Waals surface area contributed by atoms with Gasteiger partial charge in [0.05, 0.1) is 0 Å².